The number of thiazole rings is 1. The number of amides is 1. The number of nitrogens with zero attached hydrogens (tertiary/aromatic N) is 1. The van der Waals surface area contributed by atoms with Crippen molar-refractivity contribution < 1.29 is 9.59 Å². The predicted octanol–water partition coefficient (Wildman–Crippen LogP) is 5.51. The zero-order chi connectivity index (χ0) is 18.5. The van der Waals surface area contributed by atoms with Gasteiger partial charge in [0.2, 0.25) is 5.91 Å². The lowest BCUT2D eigenvalue weighted by Gasteiger charge is -2.05. The third kappa shape index (κ3) is 5.03. The van der Waals surface area contributed by atoms with Crippen molar-refractivity contribution in [2.75, 3.05) is 11.1 Å². The quantitative estimate of drug-likeness (QED) is 0.400. The molecule has 1 heterocycles. The summed E-state index contributed by atoms with van der Waals surface area (Å²) in [5, 5.41) is 4.80. The molecular formula is C19H15BrN2O2S2. The van der Waals surface area contributed by atoms with Crippen molar-refractivity contribution in [3.63, 3.8) is 0 Å². The first-order valence-electron chi connectivity index (χ1n) is 7.76. The normalized spacial score (nSPS) is 10.5. The molecule has 0 saturated heterocycles. The van der Waals surface area contributed by atoms with Gasteiger partial charge in [-0.2, -0.15) is 0 Å². The van der Waals surface area contributed by atoms with Crippen LogP contribution in [0.15, 0.2) is 62.7 Å². The Morgan fingerprint density at radius 2 is 1.96 bits per heavy atom. The van der Waals surface area contributed by atoms with E-state index in [0.717, 1.165) is 20.1 Å². The summed E-state index contributed by atoms with van der Waals surface area (Å²) in [7, 11) is 0. The smallest absolute Gasteiger partial charge is 0.234 e. The number of carbonyl (C=O) groups excluding carboxylic acids is 2. The van der Waals surface area contributed by atoms with Crippen LogP contribution in [0.2, 0.25) is 0 Å². The average Bonchev–Trinajstić information content (AvgIpc) is 3.10. The predicted molar refractivity (Wildman–Crippen MR) is 111 cm³/mol. The van der Waals surface area contributed by atoms with E-state index in [-0.39, 0.29) is 17.4 Å². The molecule has 0 aliphatic heterocycles. The fraction of sp³-hybridized carbons (Fsp3) is 0.105. The number of halogens is 1. The molecule has 0 saturated carbocycles. The van der Waals surface area contributed by atoms with E-state index in [2.05, 4.69) is 26.2 Å². The minimum Gasteiger partial charge on any atom is -0.325 e. The minimum atomic E-state index is -0.129. The fourth-order valence-electron chi connectivity index (χ4n) is 2.22. The Morgan fingerprint density at radius 1 is 1.19 bits per heavy atom. The molecule has 0 atom stereocenters. The summed E-state index contributed by atoms with van der Waals surface area (Å²) in [6.07, 6.45) is 0. The Hall–Kier alpha value is -1.96. The number of ketones is 1. The molecule has 3 rings (SSSR count). The molecule has 0 spiro atoms. The van der Waals surface area contributed by atoms with Crippen LogP contribution in [-0.4, -0.2) is 22.4 Å². The maximum Gasteiger partial charge on any atom is 0.234 e. The molecule has 0 fully saturated rings. The highest BCUT2D eigenvalue weighted by molar-refractivity contribution is 9.10. The molecule has 3 aromatic rings. The van der Waals surface area contributed by atoms with Crippen LogP contribution >= 0.6 is 39.0 Å². The van der Waals surface area contributed by atoms with Crippen LogP contribution in [0.5, 0.6) is 0 Å². The molecule has 1 N–H and O–H groups in total. The van der Waals surface area contributed by atoms with E-state index < -0.39 is 0 Å². The molecule has 7 heteroatoms. The fourth-order valence-corrected chi connectivity index (χ4v) is 4.12. The van der Waals surface area contributed by atoms with E-state index in [4.69, 9.17) is 0 Å². The molecule has 0 bridgehead atoms. The third-order valence-corrected chi connectivity index (χ3v) is 6.05. The van der Waals surface area contributed by atoms with E-state index in [1.54, 1.807) is 24.3 Å². The average molecular weight is 447 g/mol. The molecule has 0 unspecified atom stereocenters. The number of anilines is 1. The first kappa shape index (κ1) is 18.8. The van der Waals surface area contributed by atoms with Gasteiger partial charge < -0.3 is 5.32 Å². The van der Waals surface area contributed by atoms with Gasteiger partial charge in [0.15, 0.2) is 10.1 Å². The van der Waals surface area contributed by atoms with Crippen molar-refractivity contribution in [1.29, 1.82) is 0 Å². The van der Waals surface area contributed by atoms with Gasteiger partial charge in [-0.25, -0.2) is 4.98 Å². The second-order valence-electron chi connectivity index (χ2n) is 5.48. The Bertz CT molecular complexity index is 939. The molecule has 0 aliphatic rings. The van der Waals surface area contributed by atoms with Crippen LogP contribution in [0, 0.1) is 0 Å². The van der Waals surface area contributed by atoms with Crippen LogP contribution in [0.3, 0.4) is 0 Å². The number of nitrogens with one attached hydrogen (secondary N) is 1. The van der Waals surface area contributed by atoms with Crippen LogP contribution in [-0.2, 0) is 4.79 Å². The largest absolute Gasteiger partial charge is 0.325 e. The van der Waals surface area contributed by atoms with E-state index in [9.17, 15) is 9.59 Å². The summed E-state index contributed by atoms with van der Waals surface area (Å²) in [5.74, 6) is 0.104. The third-order valence-electron chi connectivity index (χ3n) is 3.50. The number of benzene rings is 2. The first-order chi connectivity index (χ1) is 12.5. The Labute approximate surface area is 168 Å². The van der Waals surface area contributed by atoms with Crippen LogP contribution < -0.4 is 5.32 Å². The van der Waals surface area contributed by atoms with Gasteiger partial charge in [0, 0.05) is 26.7 Å². The molecule has 4 nitrogen and oxygen atoms in total. The summed E-state index contributed by atoms with van der Waals surface area (Å²) < 4.78 is 1.87. The monoisotopic (exact) mass is 446 g/mol. The van der Waals surface area contributed by atoms with Gasteiger partial charge in [-0.1, -0.05) is 52.0 Å². The Balaban J connectivity index is 1.57. The van der Waals surface area contributed by atoms with Crippen molar-refractivity contribution in [1.82, 2.24) is 4.98 Å². The molecular weight excluding hydrogens is 432 g/mol. The molecule has 1 amide bonds. The van der Waals surface area contributed by atoms with E-state index in [0.29, 0.717) is 11.3 Å². The maximum atomic E-state index is 12.1. The van der Waals surface area contributed by atoms with Crippen LogP contribution in [0.25, 0.3) is 11.3 Å². The lowest BCUT2D eigenvalue weighted by molar-refractivity contribution is -0.113. The summed E-state index contributed by atoms with van der Waals surface area (Å²) >= 11 is 6.33. The molecule has 26 heavy (non-hydrogen) atoms. The van der Waals surface area contributed by atoms with Crippen molar-refractivity contribution in [2.24, 2.45) is 0 Å². The highest BCUT2D eigenvalue weighted by atomic mass is 79.9. The number of carbonyl (C=O) groups is 2. The number of rotatable bonds is 6. The van der Waals surface area contributed by atoms with Crippen molar-refractivity contribution >= 4 is 56.4 Å². The zero-order valence-corrected chi connectivity index (χ0v) is 17.1. The van der Waals surface area contributed by atoms with Crippen LogP contribution in [0.1, 0.15) is 17.3 Å². The van der Waals surface area contributed by atoms with E-state index in [1.165, 1.54) is 30.0 Å². The topological polar surface area (TPSA) is 59.1 Å². The van der Waals surface area contributed by atoms with Crippen molar-refractivity contribution in [2.45, 2.75) is 11.3 Å². The lowest BCUT2D eigenvalue weighted by atomic mass is 10.1. The van der Waals surface area contributed by atoms with Gasteiger partial charge in [-0.05, 0) is 31.2 Å². The molecule has 2 aromatic carbocycles. The number of hydrogen-bond donors (Lipinski definition) is 1. The zero-order valence-electron chi connectivity index (χ0n) is 13.9. The molecule has 0 aliphatic carbocycles. The Kier molecular flexibility index (Phi) is 6.24. The molecule has 132 valence electrons. The summed E-state index contributed by atoms with van der Waals surface area (Å²) in [4.78, 5) is 28.1. The lowest BCUT2D eigenvalue weighted by Crippen LogP contribution is -2.14. The minimum absolute atomic E-state index is 0.0290. The van der Waals surface area contributed by atoms with Crippen molar-refractivity contribution in [3.8, 4) is 11.3 Å². The highest BCUT2D eigenvalue weighted by Crippen LogP contribution is 2.29. The Morgan fingerprint density at radius 3 is 2.69 bits per heavy atom. The van der Waals surface area contributed by atoms with Gasteiger partial charge >= 0.3 is 0 Å². The van der Waals surface area contributed by atoms with Gasteiger partial charge in [-0.3, -0.25) is 9.59 Å². The van der Waals surface area contributed by atoms with Gasteiger partial charge in [0.25, 0.3) is 0 Å². The van der Waals surface area contributed by atoms with Crippen molar-refractivity contribution in [3.05, 3.63) is 63.9 Å². The van der Waals surface area contributed by atoms with Crippen LogP contribution in [0.4, 0.5) is 5.69 Å². The number of aromatic nitrogens is 1. The van der Waals surface area contributed by atoms with Gasteiger partial charge in [0.05, 0.1) is 11.4 Å². The summed E-state index contributed by atoms with van der Waals surface area (Å²) in [6, 6.07) is 14.9. The van der Waals surface area contributed by atoms with E-state index in [1.807, 2.05) is 29.6 Å². The number of thioether (sulfide) groups is 1. The highest BCUT2D eigenvalue weighted by Gasteiger charge is 2.09. The maximum absolute atomic E-state index is 12.1. The van der Waals surface area contributed by atoms with E-state index >= 15 is 0 Å². The molecule has 1 aromatic heterocycles. The van der Waals surface area contributed by atoms with Gasteiger partial charge in [0.1, 0.15) is 0 Å². The summed E-state index contributed by atoms with van der Waals surface area (Å²) in [6.45, 7) is 1.50. The SMILES string of the molecule is CC(=O)c1cccc(NC(=O)CSc2nc(-c3ccc(Br)cc3)cs2)c1. The number of hydrogen-bond acceptors (Lipinski definition) is 5. The second-order valence-corrected chi connectivity index (χ2v) is 8.48. The second kappa shape index (κ2) is 8.62. The molecule has 0 radical (unpaired) electrons. The number of Topliss-reactive ketones (excluding diaryl/α,β-unsaturated/α-hetero) is 1. The van der Waals surface area contributed by atoms with Gasteiger partial charge in [-0.15, -0.1) is 11.3 Å². The first-order valence-corrected chi connectivity index (χ1v) is 10.4. The standard InChI is InChI=1S/C19H15BrN2O2S2/c1-12(23)14-3-2-4-16(9-14)21-18(24)11-26-19-22-17(10-25-19)13-5-7-15(20)8-6-13/h2-10H,11H2,1H3,(H,21,24). The summed E-state index contributed by atoms with van der Waals surface area (Å²) in [5.41, 5.74) is 3.15.